The van der Waals surface area contributed by atoms with Gasteiger partial charge in [-0.2, -0.15) is 0 Å². The fraction of sp³-hybridized carbons (Fsp3) is 0.682. The van der Waals surface area contributed by atoms with E-state index >= 15 is 0 Å². The number of hydrogen-bond acceptors (Lipinski definition) is 5. The van der Waals surface area contributed by atoms with E-state index in [9.17, 15) is 4.79 Å². The van der Waals surface area contributed by atoms with Crippen LogP contribution in [0, 0.1) is 11.3 Å². The molecule has 0 unspecified atom stereocenters. The number of piperidine rings is 1. The van der Waals surface area contributed by atoms with Crippen LogP contribution in [0.15, 0.2) is 18.2 Å². The number of nitrogens with zero attached hydrogens (tertiary/aromatic N) is 2. The predicted molar refractivity (Wildman–Crippen MR) is 113 cm³/mol. The summed E-state index contributed by atoms with van der Waals surface area (Å²) in [6.07, 6.45) is 1.82. The van der Waals surface area contributed by atoms with E-state index in [0.29, 0.717) is 0 Å². The zero-order valence-electron chi connectivity index (χ0n) is 18.4. The van der Waals surface area contributed by atoms with Crippen molar-refractivity contribution in [2.75, 3.05) is 54.5 Å². The van der Waals surface area contributed by atoms with Gasteiger partial charge in [-0.1, -0.05) is 19.9 Å². The molecule has 6 nitrogen and oxygen atoms in total. The van der Waals surface area contributed by atoms with Crippen molar-refractivity contribution < 1.29 is 14.3 Å². The van der Waals surface area contributed by atoms with Crippen LogP contribution >= 0.6 is 0 Å². The summed E-state index contributed by atoms with van der Waals surface area (Å²) in [6.45, 7) is 8.80. The Morgan fingerprint density at radius 1 is 1.18 bits per heavy atom. The highest BCUT2D eigenvalue weighted by Gasteiger charge is 2.27. The van der Waals surface area contributed by atoms with Gasteiger partial charge in [-0.05, 0) is 63.1 Å². The van der Waals surface area contributed by atoms with Crippen molar-refractivity contribution in [3.8, 4) is 11.5 Å². The summed E-state index contributed by atoms with van der Waals surface area (Å²) >= 11 is 0. The molecule has 1 N–H and O–H groups in total. The first-order chi connectivity index (χ1) is 13.2. The number of nitrogens with one attached hydrogen (secondary N) is 1. The molecule has 1 aliphatic heterocycles. The highest BCUT2D eigenvalue weighted by molar-refractivity contribution is 5.78. The van der Waals surface area contributed by atoms with E-state index in [-0.39, 0.29) is 17.2 Å². The topological polar surface area (TPSA) is 54.0 Å². The van der Waals surface area contributed by atoms with Crippen molar-refractivity contribution >= 4 is 5.91 Å². The van der Waals surface area contributed by atoms with Gasteiger partial charge in [0.05, 0.1) is 14.2 Å². The van der Waals surface area contributed by atoms with Gasteiger partial charge in [-0.3, -0.25) is 9.69 Å². The molecular weight excluding hydrogens is 354 g/mol. The van der Waals surface area contributed by atoms with Crippen LogP contribution in [0.1, 0.15) is 32.3 Å². The Morgan fingerprint density at radius 3 is 2.39 bits per heavy atom. The van der Waals surface area contributed by atoms with Crippen LogP contribution in [0.3, 0.4) is 0 Å². The number of likely N-dealkylation sites (tertiary alicyclic amines) is 1. The van der Waals surface area contributed by atoms with E-state index in [1.165, 1.54) is 5.56 Å². The molecular formula is C22H37N3O3. The molecule has 0 atom stereocenters. The molecule has 0 radical (unpaired) electrons. The summed E-state index contributed by atoms with van der Waals surface area (Å²) in [4.78, 5) is 17.1. The minimum absolute atomic E-state index is 0.0767. The summed E-state index contributed by atoms with van der Waals surface area (Å²) in [5.41, 5.74) is 1.28. The molecule has 1 heterocycles. The number of carbonyl (C=O) groups is 1. The fourth-order valence-electron chi connectivity index (χ4n) is 3.97. The van der Waals surface area contributed by atoms with Gasteiger partial charge < -0.3 is 19.7 Å². The number of ether oxygens (including phenoxy) is 2. The Balaban J connectivity index is 1.80. The number of methoxy groups -OCH3 is 2. The van der Waals surface area contributed by atoms with Crippen LogP contribution in [0.25, 0.3) is 0 Å². The second-order valence-electron chi connectivity index (χ2n) is 8.86. The molecule has 1 aliphatic rings. The first-order valence-electron chi connectivity index (χ1n) is 10.1. The quantitative estimate of drug-likeness (QED) is 0.701. The maximum absolute atomic E-state index is 12.6. The lowest BCUT2D eigenvalue weighted by molar-refractivity contribution is -0.127. The van der Waals surface area contributed by atoms with Gasteiger partial charge in [0.25, 0.3) is 0 Å². The van der Waals surface area contributed by atoms with Crippen LogP contribution < -0.4 is 14.8 Å². The molecule has 1 amide bonds. The molecule has 28 heavy (non-hydrogen) atoms. The highest BCUT2D eigenvalue weighted by Crippen LogP contribution is 2.29. The molecule has 158 valence electrons. The minimum Gasteiger partial charge on any atom is -0.493 e. The van der Waals surface area contributed by atoms with Crippen molar-refractivity contribution in [2.45, 2.75) is 33.2 Å². The lowest BCUT2D eigenvalue weighted by Crippen LogP contribution is -2.44. The van der Waals surface area contributed by atoms with Crippen LogP contribution in [-0.2, 0) is 11.3 Å². The first kappa shape index (κ1) is 22.5. The van der Waals surface area contributed by atoms with Crippen LogP contribution in [0.4, 0.5) is 0 Å². The zero-order valence-corrected chi connectivity index (χ0v) is 18.4. The van der Waals surface area contributed by atoms with Crippen LogP contribution in [0.5, 0.6) is 11.5 Å². The molecule has 1 aromatic rings. The van der Waals surface area contributed by atoms with E-state index in [1.807, 2.05) is 12.1 Å². The highest BCUT2D eigenvalue weighted by atomic mass is 16.5. The molecule has 0 saturated carbocycles. The monoisotopic (exact) mass is 391 g/mol. The van der Waals surface area contributed by atoms with Gasteiger partial charge in [-0.15, -0.1) is 0 Å². The number of rotatable bonds is 9. The van der Waals surface area contributed by atoms with Gasteiger partial charge in [0.2, 0.25) is 5.91 Å². The second kappa shape index (κ2) is 10.1. The number of carbonyl (C=O) groups excluding carboxylic acids is 1. The Labute approximate surface area is 170 Å². The van der Waals surface area contributed by atoms with Crippen molar-refractivity contribution in [3.63, 3.8) is 0 Å². The Morgan fingerprint density at radius 2 is 1.82 bits per heavy atom. The lowest BCUT2D eigenvalue weighted by atomic mass is 9.91. The first-order valence-corrected chi connectivity index (χ1v) is 10.1. The minimum atomic E-state index is 0.0767. The molecule has 2 rings (SSSR count). The summed E-state index contributed by atoms with van der Waals surface area (Å²) in [7, 11) is 7.44. The van der Waals surface area contributed by atoms with E-state index in [4.69, 9.17) is 9.47 Å². The van der Waals surface area contributed by atoms with Crippen molar-refractivity contribution in [3.05, 3.63) is 23.8 Å². The maximum Gasteiger partial charge on any atom is 0.223 e. The van der Waals surface area contributed by atoms with Gasteiger partial charge in [0, 0.05) is 25.6 Å². The molecule has 0 bridgehead atoms. The van der Waals surface area contributed by atoms with Crippen LogP contribution in [0.2, 0.25) is 0 Å². The third-order valence-corrected chi connectivity index (χ3v) is 5.30. The van der Waals surface area contributed by atoms with E-state index in [1.54, 1.807) is 14.2 Å². The van der Waals surface area contributed by atoms with Gasteiger partial charge in [0.15, 0.2) is 11.5 Å². The number of amides is 1. The van der Waals surface area contributed by atoms with E-state index < -0.39 is 0 Å². The van der Waals surface area contributed by atoms with Gasteiger partial charge >= 0.3 is 0 Å². The average molecular weight is 392 g/mol. The standard InChI is InChI=1S/C22H37N3O3/c1-22(2,16-24(3)4)15-23-21(26)18-9-11-25(12-10-18)14-17-7-8-19(27-5)20(13-17)28-6/h7-8,13,18H,9-12,14-16H2,1-6H3,(H,23,26). The zero-order chi connectivity index (χ0) is 20.7. The summed E-state index contributed by atoms with van der Waals surface area (Å²) in [6, 6.07) is 6.06. The number of hydrogen-bond donors (Lipinski definition) is 1. The molecule has 0 spiro atoms. The Bertz CT molecular complexity index is 638. The number of benzene rings is 1. The van der Waals surface area contributed by atoms with Gasteiger partial charge in [0.1, 0.15) is 0 Å². The molecule has 0 aliphatic carbocycles. The Hall–Kier alpha value is -1.79. The smallest absolute Gasteiger partial charge is 0.223 e. The molecule has 1 aromatic carbocycles. The van der Waals surface area contributed by atoms with Crippen LogP contribution in [-0.4, -0.2) is 70.2 Å². The fourth-order valence-corrected chi connectivity index (χ4v) is 3.97. The Kier molecular flexibility index (Phi) is 8.13. The van der Waals surface area contributed by atoms with Crippen molar-refractivity contribution in [1.82, 2.24) is 15.1 Å². The maximum atomic E-state index is 12.6. The lowest BCUT2D eigenvalue weighted by Gasteiger charge is -2.33. The van der Waals surface area contributed by atoms with E-state index in [0.717, 1.165) is 57.1 Å². The third-order valence-electron chi connectivity index (χ3n) is 5.30. The summed E-state index contributed by atoms with van der Waals surface area (Å²) in [5.74, 6) is 1.84. The molecule has 0 aromatic heterocycles. The second-order valence-corrected chi connectivity index (χ2v) is 8.86. The molecule has 1 saturated heterocycles. The molecule has 6 heteroatoms. The largest absolute Gasteiger partial charge is 0.493 e. The van der Waals surface area contributed by atoms with Crippen molar-refractivity contribution in [2.24, 2.45) is 11.3 Å². The normalized spacial score (nSPS) is 16.2. The predicted octanol–water partition coefficient (Wildman–Crippen LogP) is 2.62. The average Bonchev–Trinajstić information content (AvgIpc) is 2.65. The van der Waals surface area contributed by atoms with Crippen molar-refractivity contribution in [1.29, 1.82) is 0 Å². The summed E-state index contributed by atoms with van der Waals surface area (Å²) < 4.78 is 10.7. The summed E-state index contributed by atoms with van der Waals surface area (Å²) in [5, 5.41) is 3.18. The third kappa shape index (κ3) is 6.67. The SMILES string of the molecule is COc1ccc(CN2CCC(C(=O)NCC(C)(C)CN(C)C)CC2)cc1OC. The van der Waals surface area contributed by atoms with Gasteiger partial charge in [-0.25, -0.2) is 0 Å². The molecule has 1 fully saturated rings. The van der Waals surface area contributed by atoms with E-state index in [2.05, 4.69) is 49.1 Å².